The van der Waals surface area contributed by atoms with Gasteiger partial charge in [-0.3, -0.25) is 4.79 Å². The Bertz CT molecular complexity index is 1240. The maximum Gasteiger partial charge on any atom is 0.337 e. The molecule has 3 aliphatic rings. The van der Waals surface area contributed by atoms with Crippen molar-refractivity contribution in [3.05, 3.63) is 54.3 Å². The van der Waals surface area contributed by atoms with Gasteiger partial charge in [-0.1, -0.05) is 18.2 Å². The fourth-order valence-electron chi connectivity index (χ4n) is 6.66. The van der Waals surface area contributed by atoms with Crippen LogP contribution in [0, 0.1) is 11.8 Å². The first-order valence-electron chi connectivity index (χ1n) is 16.0. The highest BCUT2D eigenvalue weighted by molar-refractivity contribution is 5.89. The molecule has 0 spiro atoms. The van der Waals surface area contributed by atoms with Gasteiger partial charge in [-0.25, -0.2) is 4.79 Å². The van der Waals surface area contributed by atoms with Gasteiger partial charge in [0.2, 0.25) is 6.29 Å². The number of ether oxygens (including phenoxy) is 7. The molecule has 2 saturated heterocycles. The number of carbonyl (C=O) groups is 2. The smallest absolute Gasteiger partial charge is 0.337 e. The minimum absolute atomic E-state index is 0.0123. The summed E-state index contributed by atoms with van der Waals surface area (Å²) in [5, 5.41) is 49.8. The predicted molar refractivity (Wildman–Crippen MR) is 167 cm³/mol. The maximum absolute atomic E-state index is 13.1. The Hall–Kier alpha value is -2.92. The summed E-state index contributed by atoms with van der Waals surface area (Å²) in [6.45, 7) is 3.08. The van der Waals surface area contributed by atoms with E-state index in [1.165, 1.54) is 27.6 Å². The number of aliphatic hydroxyl groups excluding tert-OH is 4. The first-order valence-corrected chi connectivity index (χ1v) is 16.0. The lowest BCUT2D eigenvalue weighted by Gasteiger charge is -2.45. The number of hydrogen-bond acceptors (Lipinski definition) is 14. The summed E-state index contributed by atoms with van der Waals surface area (Å²) in [6.07, 6.45) is -4.29. The molecule has 0 aromatic heterocycles. The van der Waals surface area contributed by atoms with Crippen molar-refractivity contribution in [2.75, 3.05) is 34.5 Å². The molecule has 5 N–H and O–H groups in total. The molecule has 268 valence electrons. The van der Waals surface area contributed by atoms with Gasteiger partial charge in [0.05, 0.1) is 44.4 Å². The van der Waals surface area contributed by atoms with E-state index in [1.54, 1.807) is 30.3 Å². The highest BCUT2D eigenvalue weighted by atomic mass is 16.7. The zero-order chi connectivity index (χ0) is 35.0. The summed E-state index contributed by atoms with van der Waals surface area (Å²) in [6, 6.07) is 6.70. The number of phenols is 1. The fourth-order valence-corrected chi connectivity index (χ4v) is 6.66. The second-order valence-electron chi connectivity index (χ2n) is 12.4. The molecular formula is C34H48O14. The van der Waals surface area contributed by atoms with E-state index in [0.29, 0.717) is 19.3 Å². The first-order chi connectivity index (χ1) is 23.0. The number of rotatable bonds is 15. The topological polar surface area (TPSA) is 200 Å². The molecule has 0 saturated carbocycles. The Morgan fingerprint density at radius 1 is 0.979 bits per heavy atom. The molecule has 3 heterocycles. The van der Waals surface area contributed by atoms with Crippen LogP contribution in [-0.2, 0) is 49.2 Å². The summed E-state index contributed by atoms with van der Waals surface area (Å²) in [5.74, 6) is -2.76. The number of aromatic hydroxyl groups is 1. The number of phenolic OH excluding ortho intramolecular Hbond substituents is 1. The van der Waals surface area contributed by atoms with Gasteiger partial charge in [0, 0.05) is 51.7 Å². The molecule has 2 fully saturated rings. The highest BCUT2D eigenvalue weighted by Crippen LogP contribution is 2.42. The van der Waals surface area contributed by atoms with Crippen LogP contribution in [0.15, 0.2) is 48.8 Å². The van der Waals surface area contributed by atoms with E-state index in [9.17, 15) is 35.1 Å². The van der Waals surface area contributed by atoms with Crippen LogP contribution < -0.4 is 0 Å². The van der Waals surface area contributed by atoms with E-state index in [0.717, 1.165) is 5.56 Å². The van der Waals surface area contributed by atoms with Gasteiger partial charge in [-0.05, 0) is 30.5 Å². The van der Waals surface area contributed by atoms with Crippen molar-refractivity contribution in [2.24, 2.45) is 11.8 Å². The molecule has 48 heavy (non-hydrogen) atoms. The standard InChI is InChI=1S/C34H48O14/c1-5-24-25(26(32(41)42-2)17-45-33(24)46-18-28-30(39)31(40)29(38)27(16-35)48-28)13-23-15-34(43-3,44-4)14-22(47-23)12-21(37)11-8-19-6-9-20(36)10-7-19/h5-7,9-10,17,22-25,27-31,33,35-36,38-40H,1,8,11-16,18H2,2-4H3/t22-,23-,24+,25-,27+,28-,29+,30-,31-,33-/m0/s1. The molecule has 0 bridgehead atoms. The quantitative estimate of drug-likeness (QED) is 0.0994. The van der Waals surface area contributed by atoms with E-state index in [4.69, 9.17) is 33.2 Å². The predicted octanol–water partition coefficient (Wildman–Crippen LogP) is 0.901. The van der Waals surface area contributed by atoms with Gasteiger partial charge >= 0.3 is 5.97 Å². The maximum atomic E-state index is 13.1. The zero-order valence-electron chi connectivity index (χ0n) is 27.5. The lowest BCUT2D eigenvalue weighted by Crippen LogP contribution is -2.59. The molecule has 10 atom stereocenters. The summed E-state index contributed by atoms with van der Waals surface area (Å²) in [7, 11) is 4.31. The Balaban J connectivity index is 1.48. The Morgan fingerprint density at radius 3 is 2.27 bits per heavy atom. The van der Waals surface area contributed by atoms with Crippen molar-refractivity contribution in [3.63, 3.8) is 0 Å². The molecule has 0 aliphatic carbocycles. The van der Waals surface area contributed by atoms with Crippen molar-refractivity contribution in [2.45, 2.75) is 93.3 Å². The Labute approximate surface area is 279 Å². The van der Waals surface area contributed by atoms with Gasteiger partial charge in [-0.15, -0.1) is 6.58 Å². The van der Waals surface area contributed by atoms with Crippen molar-refractivity contribution < 1.29 is 68.3 Å². The number of aryl methyl sites for hydroxylation is 1. The van der Waals surface area contributed by atoms with Crippen LogP contribution in [0.3, 0.4) is 0 Å². The number of methoxy groups -OCH3 is 3. The lowest BCUT2D eigenvalue weighted by molar-refractivity contribution is -0.275. The summed E-state index contributed by atoms with van der Waals surface area (Å²) >= 11 is 0. The lowest BCUT2D eigenvalue weighted by atomic mass is 9.78. The minimum Gasteiger partial charge on any atom is -0.508 e. The number of esters is 1. The number of aliphatic hydroxyl groups is 4. The molecule has 4 rings (SSSR count). The van der Waals surface area contributed by atoms with Crippen LogP contribution in [0.1, 0.15) is 37.7 Å². The zero-order valence-corrected chi connectivity index (χ0v) is 27.5. The molecule has 3 aliphatic heterocycles. The third-order valence-corrected chi connectivity index (χ3v) is 9.42. The fraction of sp³-hybridized carbons (Fsp3) is 0.647. The van der Waals surface area contributed by atoms with Gasteiger partial charge in [0.1, 0.15) is 42.1 Å². The van der Waals surface area contributed by atoms with Gasteiger partial charge in [0.15, 0.2) is 5.79 Å². The van der Waals surface area contributed by atoms with E-state index in [1.807, 2.05) is 0 Å². The Morgan fingerprint density at radius 2 is 1.65 bits per heavy atom. The highest BCUT2D eigenvalue weighted by Gasteiger charge is 2.48. The Kier molecular flexibility index (Phi) is 13.5. The second-order valence-corrected chi connectivity index (χ2v) is 12.4. The molecule has 0 radical (unpaired) electrons. The van der Waals surface area contributed by atoms with Crippen LogP contribution in [-0.4, -0.2) is 127 Å². The normalized spacial score (nSPS) is 33.3. The van der Waals surface area contributed by atoms with Gasteiger partial charge in [-0.2, -0.15) is 0 Å². The van der Waals surface area contributed by atoms with Crippen LogP contribution in [0.2, 0.25) is 0 Å². The third kappa shape index (κ3) is 9.00. The number of hydrogen-bond donors (Lipinski definition) is 5. The van der Waals surface area contributed by atoms with Crippen molar-refractivity contribution in [1.29, 1.82) is 0 Å². The van der Waals surface area contributed by atoms with E-state index in [-0.39, 0.29) is 43.0 Å². The molecular weight excluding hydrogens is 632 g/mol. The van der Waals surface area contributed by atoms with E-state index >= 15 is 0 Å². The number of ketones is 1. The molecule has 1 aromatic rings. The van der Waals surface area contributed by atoms with E-state index in [2.05, 4.69) is 6.58 Å². The van der Waals surface area contributed by atoms with Crippen LogP contribution >= 0.6 is 0 Å². The van der Waals surface area contributed by atoms with Gasteiger partial charge in [0.25, 0.3) is 0 Å². The van der Waals surface area contributed by atoms with E-state index < -0.39 is 79.2 Å². The minimum atomic E-state index is -1.57. The molecule has 1 aromatic carbocycles. The average molecular weight is 681 g/mol. The van der Waals surface area contributed by atoms with Crippen molar-refractivity contribution in [3.8, 4) is 5.75 Å². The summed E-state index contributed by atoms with van der Waals surface area (Å²) < 4.78 is 40.5. The molecule has 0 amide bonds. The number of benzene rings is 1. The third-order valence-electron chi connectivity index (χ3n) is 9.42. The largest absolute Gasteiger partial charge is 0.508 e. The van der Waals surface area contributed by atoms with Crippen LogP contribution in [0.5, 0.6) is 5.75 Å². The van der Waals surface area contributed by atoms with Crippen LogP contribution in [0.25, 0.3) is 0 Å². The van der Waals surface area contributed by atoms with Gasteiger partial charge < -0.3 is 58.7 Å². The first kappa shape index (κ1) is 37.9. The monoisotopic (exact) mass is 680 g/mol. The van der Waals surface area contributed by atoms with Crippen molar-refractivity contribution in [1.82, 2.24) is 0 Å². The molecule has 14 heteroatoms. The number of Topliss-reactive ketones (excluding diaryl/α,β-unsaturated/α-hetero) is 1. The van der Waals surface area contributed by atoms with Crippen LogP contribution in [0.4, 0.5) is 0 Å². The molecule has 14 nitrogen and oxygen atoms in total. The summed E-state index contributed by atoms with van der Waals surface area (Å²) in [4.78, 5) is 26.0. The average Bonchev–Trinajstić information content (AvgIpc) is 3.09. The molecule has 0 unspecified atom stereocenters. The second kappa shape index (κ2) is 17.1. The SMILES string of the molecule is C=C[C@H]1[C@H](OC[C@@H]2O[C@H](CO)[C@@H](O)[C@H](O)[C@H]2O)OC=C(C(=O)OC)[C@H]1C[C@H]1CC(OC)(OC)C[C@H](CC(=O)CCc2ccc(O)cc2)O1. The summed E-state index contributed by atoms with van der Waals surface area (Å²) in [5.41, 5.74) is 1.14. The van der Waals surface area contributed by atoms with Crippen molar-refractivity contribution >= 4 is 11.8 Å². The number of carbonyl (C=O) groups excluding carboxylic acids is 2.